The summed E-state index contributed by atoms with van der Waals surface area (Å²) in [6.07, 6.45) is 0.311. The molecule has 2 aromatic rings. The molecule has 0 fully saturated rings. The third-order valence-corrected chi connectivity index (χ3v) is 4.67. The van der Waals surface area contributed by atoms with Crippen molar-refractivity contribution < 1.29 is 14.3 Å². The first-order chi connectivity index (χ1) is 13.9. The highest BCUT2D eigenvalue weighted by Gasteiger charge is 2.21. The van der Waals surface area contributed by atoms with Crippen LogP contribution in [0.4, 0.5) is 0 Å². The van der Waals surface area contributed by atoms with Crippen LogP contribution in [0.15, 0.2) is 30.3 Å². The maximum absolute atomic E-state index is 12.6. The molecule has 0 spiro atoms. The van der Waals surface area contributed by atoms with Crippen LogP contribution in [-0.4, -0.2) is 41.0 Å². The normalized spacial score (nSPS) is 10.1. The number of amides is 1. The van der Waals surface area contributed by atoms with Crippen molar-refractivity contribution in [1.82, 2.24) is 9.47 Å². The van der Waals surface area contributed by atoms with E-state index in [9.17, 15) is 9.59 Å². The second-order valence-corrected chi connectivity index (χ2v) is 6.68. The Kier molecular flexibility index (Phi) is 7.56. The van der Waals surface area contributed by atoms with E-state index in [1.807, 2.05) is 61.7 Å². The van der Waals surface area contributed by atoms with E-state index >= 15 is 0 Å². The van der Waals surface area contributed by atoms with E-state index in [1.165, 1.54) is 4.90 Å². The van der Waals surface area contributed by atoms with Crippen molar-refractivity contribution in [2.75, 3.05) is 19.7 Å². The predicted octanol–water partition coefficient (Wildman–Crippen LogP) is 3.22. The average Bonchev–Trinajstić information content (AvgIpc) is 3.00. The predicted molar refractivity (Wildman–Crippen MR) is 107 cm³/mol. The number of rotatable bonds is 8. The van der Waals surface area contributed by atoms with Gasteiger partial charge in [-0.05, 0) is 38.5 Å². The minimum Gasteiger partial charge on any atom is -0.452 e. The number of nitriles is 2. The molecular formula is C22H24N4O3. The van der Waals surface area contributed by atoms with Crippen LogP contribution in [0.3, 0.4) is 0 Å². The molecule has 0 atom stereocenters. The molecule has 2 rings (SSSR count). The van der Waals surface area contributed by atoms with Crippen molar-refractivity contribution >= 4 is 11.9 Å². The van der Waals surface area contributed by atoms with Crippen LogP contribution >= 0.6 is 0 Å². The fourth-order valence-electron chi connectivity index (χ4n) is 3.18. The summed E-state index contributed by atoms with van der Waals surface area (Å²) in [6, 6.07) is 13.6. The molecule has 0 aliphatic rings. The van der Waals surface area contributed by atoms with Crippen LogP contribution in [-0.2, 0) is 9.53 Å². The van der Waals surface area contributed by atoms with Gasteiger partial charge in [-0.15, -0.1) is 0 Å². The van der Waals surface area contributed by atoms with E-state index in [1.54, 1.807) is 6.07 Å². The Bertz CT molecular complexity index is 961. The molecule has 0 saturated carbocycles. The Balaban J connectivity index is 2.12. The van der Waals surface area contributed by atoms with E-state index in [0.717, 1.165) is 22.6 Å². The quantitative estimate of drug-likeness (QED) is 0.642. The second kappa shape index (κ2) is 10.1. The first-order valence-electron chi connectivity index (χ1n) is 9.34. The molecule has 0 radical (unpaired) electrons. The number of ether oxygens (including phenoxy) is 1. The summed E-state index contributed by atoms with van der Waals surface area (Å²) < 4.78 is 7.22. The van der Waals surface area contributed by atoms with E-state index in [4.69, 9.17) is 15.3 Å². The lowest BCUT2D eigenvalue weighted by atomic mass is 10.2. The smallest absolute Gasteiger partial charge is 0.340 e. The Morgan fingerprint density at radius 2 is 1.69 bits per heavy atom. The van der Waals surface area contributed by atoms with Gasteiger partial charge < -0.3 is 14.2 Å². The van der Waals surface area contributed by atoms with Crippen LogP contribution in [0.5, 0.6) is 0 Å². The molecule has 1 amide bonds. The molecule has 0 aliphatic carbocycles. The maximum Gasteiger partial charge on any atom is 0.340 e. The van der Waals surface area contributed by atoms with Gasteiger partial charge in [0.05, 0.1) is 30.5 Å². The number of hydrogen-bond donors (Lipinski definition) is 0. The van der Waals surface area contributed by atoms with Crippen LogP contribution < -0.4 is 0 Å². The molecule has 0 unspecified atom stereocenters. The summed E-state index contributed by atoms with van der Waals surface area (Å²) in [6.45, 7) is 5.73. The van der Waals surface area contributed by atoms with Gasteiger partial charge in [-0.3, -0.25) is 4.79 Å². The number of esters is 1. The molecule has 150 valence electrons. The molecule has 0 aliphatic heterocycles. The van der Waals surface area contributed by atoms with Gasteiger partial charge in [0.15, 0.2) is 6.61 Å². The number of para-hydroxylation sites is 1. The Labute approximate surface area is 170 Å². The molecular weight excluding hydrogens is 368 g/mol. The minimum atomic E-state index is -0.577. The van der Waals surface area contributed by atoms with Gasteiger partial charge >= 0.3 is 5.97 Å². The van der Waals surface area contributed by atoms with Gasteiger partial charge in [0, 0.05) is 30.2 Å². The van der Waals surface area contributed by atoms with Crippen LogP contribution in [0, 0.1) is 43.4 Å². The van der Waals surface area contributed by atoms with E-state index < -0.39 is 18.5 Å². The lowest BCUT2D eigenvalue weighted by Crippen LogP contribution is -2.36. The molecule has 0 N–H and O–H groups in total. The lowest BCUT2D eigenvalue weighted by Gasteiger charge is -2.20. The second-order valence-electron chi connectivity index (χ2n) is 6.68. The number of benzene rings is 1. The van der Waals surface area contributed by atoms with Crippen LogP contribution in [0.1, 0.15) is 40.2 Å². The summed E-state index contributed by atoms with van der Waals surface area (Å²) in [7, 11) is 0. The van der Waals surface area contributed by atoms with Crippen molar-refractivity contribution in [1.29, 1.82) is 10.5 Å². The van der Waals surface area contributed by atoms with E-state index in [2.05, 4.69) is 0 Å². The van der Waals surface area contributed by atoms with Gasteiger partial charge in [-0.1, -0.05) is 18.2 Å². The first-order valence-corrected chi connectivity index (χ1v) is 9.34. The number of nitrogens with zero attached hydrogens (tertiary/aromatic N) is 4. The Hall–Kier alpha value is -3.58. The molecule has 7 heteroatoms. The van der Waals surface area contributed by atoms with Gasteiger partial charge in [-0.2, -0.15) is 10.5 Å². The third-order valence-electron chi connectivity index (χ3n) is 4.67. The van der Waals surface area contributed by atoms with E-state index in [0.29, 0.717) is 5.56 Å². The lowest BCUT2D eigenvalue weighted by molar-refractivity contribution is -0.134. The Morgan fingerprint density at radius 1 is 1.07 bits per heavy atom. The number of aryl methyl sites for hydroxylation is 2. The topological polar surface area (TPSA) is 99.1 Å². The summed E-state index contributed by atoms with van der Waals surface area (Å²) in [4.78, 5) is 26.3. The van der Waals surface area contributed by atoms with Crippen molar-refractivity contribution in [2.45, 2.75) is 33.6 Å². The number of carbonyl (C=O) groups is 2. The summed E-state index contributed by atoms with van der Waals surface area (Å²) >= 11 is 0. The third kappa shape index (κ3) is 5.24. The average molecular weight is 392 g/mol. The zero-order valence-electron chi connectivity index (χ0n) is 16.9. The van der Waals surface area contributed by atoms with Gasteiger partial charge in [0.1, 0.15) is 0 Å². The molecule has 0 bridgehead atoms. The number of carbonyl (C=O) groups excluding carboxylic acids is 2. The van der Waals surface area contributed by atoms with Crippen molar-refractivity contribution in [3.8, 4) is 17.8 Å². The van der Waals surface area contributed by atoms with Gasteiger partial charge in [0.2, 0.25) is 0 Å². The summed E-state index contributed by atoms with van der Waals surface area (Å²) in [5.74, 6) is -0.997. The highest BCUT2D eigenvalue weighted by Crippen LogP contribution is 2.23. The largest absolute Gasteiger partial charge is 0.452 e. The Morgan fingerprint density at radius 3 is 2.28 bits per heavy atom. The molecule has 29 heavy (non-hydrogen) atoms. The highest BCUT2D eigenvalue weighted by molar-refractivity contribution is 5.93. The van der Waals surface area contributed by atoms with Crippen LogP contribution in [0.25, 0.3) is 5.69 Å². The molecule has 7 nitrogen and oxygen atoms in total. The highest BCUT2D eigenvalue weighted by atomic mass is 16.5. The molecule has 0 saturated heterocycles. The monoisotopic (exact) mass is 392 g/mol. The SMILES string of the molecule is Cc1ccccc1-n1c(C)cc(C(=O)OCC(=O)N(CCC#N)CCC#N)c1C. The number of aromatic nitrogens is 1. The number of hydrogen-bond acceptors (Lipinski definition) is 5. The van der Waals surface area contributed by atoms with Gasteiger partial charge in [-0.25, -0.2) is 4.79 Å². The van der Waals surface area contributed by atoms with Gasteiger partial charge in [0.25, 0.3) is 5.91 Å². The minimum absolute atomic E-state index is 0.155. The van der Waals surface area contributed by atoms with Crippen molar-refractivity contribution in [3.63, 3.8) is 0 Å². The molecule has 1 aromatic heterocycles. The van der Waals surface area contributed by atoms with Crippen LogP contribution in [0.2, 0.25) is 0 Å². The molecule has 1 heterocycles. The maximum atomic E-state index is 12.6. The van der Waals surface area contributed by atoms with E-state index in [-0.39, 0.29) is 25.9 Å². The van der Waals surface area contributed by atoms with Crippen molar-refractivity contribution in [3.05, 3.63) is 52.8 Å². The zero-order valence-corrected chi connectivity index (χ0v) is 16.9. The fraction of sp³-hybridized carbons (Fsp3) is 0.364. The fourth-order valence-corrected chi connectivity index (χ4v) is 3.18. The standard InChI is InChI=1S/C22H24N4O3/c1-16-8-4-5-9-20(16)26-17(2)14-19(18(26)3)22(28)29-15-21(27)25(12-6-10-23)13-7-11-24/h4-5,8-9,14H,6-7,12-13,15H2,1-3H3. The molecule has 1 aromatic carbocycles. The summed E-state index contributed by atoms with van der Waals surface area (Å²) in [5.41, 5.74) is 4.09. The van der Waals surface area contributed by atoms with Crippen molar-refractivity contribution in [2.24, 2.45) is 0 Å². The zero-order chi connectivity index (χ0) is 21.4. The first kappa shape index (κ1) is 21.7. The summed E-state index contributed by atoms with van der Waals surface area (Å²) in [5, 5.41) is 17.4.